The molecule has 1 fully saturated rings. The lowest BCUT2D eigenvalue weighted by Gasteiger charge is -2.35. The van der Waals surface area contributed by atoms with Crippen molar-refractivity contribution in [2.45, 2.75) is 45.3 Å². The molecule has 0 bridgehead atoms. The maximum Gasteiger partial charge on any atom is 0.407 e. The molecule has 4 aromatic heterocycles. The number of anilines is 3. The van der Waals surface area contributed by atoms with E-state index in [9.17, 15) is 9.18 Å². The van der Waals surface area contributed by atoms with E-state index in [1.165, 1.54) is 22.8 Å². The van der Waals surface area contributed by atoms with Crippen LogP contribution >= 0.6 is 0 Å². The van der Waals surface area contributed by atoms with Crippen molar-refractivity contribution in [3.63, 3.8) is 0 Å². The Balaban J connectivity index is 1.37. The van der Waals surface area contributed by atoms with Crippen molar-refractivity contribution in [3.8, 4) is 11.4 Å². The molecule has 0 aromatic carbocycles. The van der Waals surface area contributed by atoms with Crippen LogP contribution in [0.5, 0.6) is 0 Å². The van der Waals surface area contributed by atoms with Crippen LogP contribution in [0.1, 0.15) is 33.6 Å². The van der Waals surface area contributed by atoms with E-state index >= 15 is 0 Å². The van der Waals surface area contributed by atoms with Crippen LogP contribution in [-0.2, 0) is 4.74 Å². The van der Waals surface area contributed by atoms with Crippen molar-refractivity contribution in [2.75, 3.05) is 23.3 Å². The fourth-order valence-electron chi connectivity index (χ4n) is 4.23. The molecular weight excluding hydrogens is 477 g/mol. The van der Waals surface area contributed by atoms with Gasteiger partial charge in [0.2, 0.25) is 0 Å². The van der Waals surface area contributed by atoms with Crippen LogP contribution in [0.2, 0.25) is 0 Å². The Hall–Kier alpha value is -4.35. The number of hydrogen-bond donors (Lipinski definition) is 2. The van der Waals surface area contributed by atoms with E-state index in [-0.39, 0.29) is 11.7 Å². The van der Waals surface area contributed by atoms with E-state index in [2.05, 4.69) is 40.8 Å². The molecular formula is C25H28FN9O2. The number of carbonyl (C=O) groups is 1. The predicted molar refractivity (Wildman–Crippen MR) is 136 cm³/mol. The van der Waals surface area contributed by atoms with E-state index in [1.807, 2.05) is 26.8 Å². The summed E-state index contributed by atoms with van der Waals surface area (Å²) in [7, 11) is 0. The van der Waals surface area contributed by atoms with E-state index in [0.29, 0.717) is 29.5 Å². The van der Waals surface area contributed by atoms with Gasteiger partial charge in [-0.25, -0.2) is 9.18 Å². The zero-order chi connectivity index (χ0) is 26.0. The molecule has 5 rings (SSSR count). The van der Waals surface area contributed by atoms with E-state index < -0.39 is 17.5 Å². The number of halogens is 1. The second kappa shape index (κ2) is 9.96. The average molecular weight is 506 g/mol. The third-order valence-electron chi connectivity index (χ3n) is 5.79. The number of amides is 1. The normalized spacial score (nSPS) is 16.0. The first kappa shape index (κ1) is 24.3. The van der Waals surface area contributed by atoms with Gasteiger partial charge in [0.1, 0.15) is 17.0 Å². The van der Waals surface area contributed by atoms with Crippen molar-refractivity contribution >= 4 is 29.1 Å². The van der Waals surface area contributed by atoms with Gasteiger partial charge in [0.25, 0.3) is 5.95 Å². The van der Waals surface area contributed by atoms with Gasteiger partial charge < -0.3 is 20.3 Å². The van der Waals surface area contributed by atoms with Gasteiger partial charge in [-0.1, -0.05) is 0 Å². The molecule has 2 N–H and O–H groups in total. The first-order chi connectivity index (χ1) is 17.8. The smallest absolute Gasteiger partial charge is 0.407 e. The highest BCUT2D eigenvalue weighted by molar-refractivity contribution is 5.73. The third kappa shape index (κ3) is 5.57. The Morgan fingerprint density at radius 2 is 2.03 bits per heavy atom. The zero-order valence-electron chi connectivity index (χ0n) is 20.8. The molecule has 0 aliphatic carbocycles. The van der Waals surface area contributed by atoms with Crippen molar-refractivity contribution in [2.24, 2.45) is 0 Å². The minimum absolute atomic E-state index is 0.0592. The molecule has 12 heteroatoms. The standard InChI is InChI=1S/C25H28FN9O2/c1-25(2,3)37-24(36)29-16-6-5-13-34(15-16)20-10-12-27-14-19(20)30-23-32-31-21-9-8-18(33-35(21)23)22-17(26)7-4-11-28-22/h4,7-12,14,16H,5-6,13,15H2,1-3H3,(H,29,36)(H,30,32). The number of alkyl carbamates (subject to hydrolysis) is 1. The lowest BCUT2D eigenvalue weighted by molar-refractivity contribution is 0.0500. The number of nitrogens with one attached hydrogen (secondary N) is 2. The van der Waals surface area contributed by atoms with Crippen LogP contribution < -0.4 is 15.5 Å². The number of rotatable bonds is 5. The monoisotopic (exact) mass is 505 g/mol. The molecule has 11 nitrogen and oxygen atoms in total. The predicted octanol–water partition coefficient (Wildman–Crippen LogP) is 3.96. The summed E-state index contributed by atoms with van der Waals surface area (Å²) in [5, 5.41) is 19.2. The molecule has 0 radical (unpaired) electrons. The van der Waals surface area contributed by atoms with Gasteiger partial charge >= 0.3 is 6.09 Å². The third-order valence-corrected chi connectivity index (χ3v) is 5.79. The summed E-state index contributed by atoms with van der Waals surface area (Å²) >= 11 is 0. The summed E-state index contributed by atoms with van der Waals surface area (Å²) < 4.78 is 21.2. The zero-order valence-corrected chi connectivity index (χ0v) is 20.8. The van der Waals surface area contributed by atoms with Crippen LogP contribution in [0.25, 0.3) is 17.0 Å². The quantitative estimate of drug-likeness (QED) is 0.415. The second-order valence-corrected chi connectivity index (χ2v) is 9.80. The fraction of sp³-hybridized carbons (Fsp3) is 0.360. The van der Waals surface area contributed by atoms with Gasteiger partial charge in [0.05, 0.1) is 17.6 Å². The molecule has 1 amide bonds. The van der Waals surface area contributed by atoms with Gasteiger partial charge in [0, 0.05) is 31.5 Å². The molecule has 5 heterocycles. The number of hydrogen-bond acceptors (Lipinski definition) is 9. The van der Waals surface area contributed by atoms with Crippen molar-refractivity contribution < 1.29 is 13.9 Å². The number of nitrogens with zero attached hydrogens (tertiary/aromatic N) is 7. The van der Waals surface area contributed by atoms with Gasteiger partial charge in [-0.2, -0.15) is 9.61 Å². The fourth-order valence-corrected chi connectivity index (χ4v) is 4.23. The highest BCUT2D eigenvalue weighted by Gasteiger charge is 2.26. The summed E-state index contributed by atoms with van der Waals surface area (Å²) in [5.41, 5.74) is 2.03. The van der Waals surface area contributed by atoms with Crippen LogP contribution in [0, 0.1) is 5.82 Å². The molecule has 37 heavy (non-hydrogen) atoms. The second-order valence-electron chi connectivity index (χ2n) is 9.80. The highest BCUT2D eigenvalue weighted by atomic mass is 19.1. The Morgan fingerprint density at radius 3 is 2.84 bits per heavy atom. The van der Waals surface area contributed by atoms with Gasteiger partial charge in [0.15, 0.2) is 11.5 Å². The first-order valence-corrected chi connectivity index (χ1v) is 12.1. The molecule has 1 unspecified atom stereocenters. The van der Waals surface area contributed by atoms with E-state index in [0.717, 1.165) is 25.1 Å². The van der Waals surface area contributed by atoms with Crippen molar-refractivity contribution in [1.82, 2.24) is 35.1 Å². The molecule has 1 aliphatic rings. The van der Waals surface area contributed by atoms with Crippen LogP contribution in [0.15, 0.2) is 48.9 Å². The summed E-state index contributed by atoms with van der Waals surface area (Å²) in [6.45, 7) is 6.95. The molecule has 1 aliphatic heterocycles. The van der Waals surface area contributed by atoms with Crippen LogP contribution in [-0.4, -0.2) is 60.6 Å². The molecule has 1 saturated heterocycles. The average Bonchev–Trinajstić information content (AvgIpc) is 3.25. The summed E-state index contributed by atoms with van der Waals surface area (Å²) in [4.78, 5) is 22.9. The SMILES string of the molecule is CC(C)(C)OC(=O)NC1CCCN(c2ccncc2Nc2nnc3ccc(-c4ncccc4F)nn23)C1. The molecule has 0 spiro atoms. The maximum atomic E-state index is 14.3. The summed E-state index contributed by atoms with van der Waals surface area (Å²) in [6.07, 6.45) is 6.26. The van der Waals surface area contributed by atoms with Crippen LogP contribution in [0.3, 0.4) is 0 Å². The molecule has 4 aromatic rings. The van der Waals surface area contributed by atoms with Crippen LogP contribution in [0.4, 0.5) is 26.5 Å². The highest BCUT2D eigenvalue weighted by Crippen LogP contribution is 2.30. The number of ether oxygens (including phenoxy) is 1. The Kier molecular flexibility index (Phi) is 6.55. The first-order valence-electron chi connectivity index (χ1n) is 12.1. The minimum atomic E-state index is -0.558. The Bertz CT molecular complexity index is 1420. The molecule has 0 saturated carbocycles. The van der Waals surface area contributed by atoms with Crippen molar-refractivity contribution in [1.29, 1.82) is 0 Å². The Labute approximate surface area is 213 Å². The van der Waals surface area contributed by atoms with Crippen molar-refractivity contribution in [3.05, 3.63) is 54.7 Å². The van der Waals surface area contributed by atoms with Gasteiger partial charge in [-0.15, -0.1) is 10.2 Å². The molecule has 192 valence electrons. The largest absolute Gasteiger partial charge is 0.444 e. The van der Waals surface area contributed by atoms with Gasteiger partial charge in [-0.3, -0.25) is 9.97 Å². The Morgan fingerprint density at radius 1 is 1.16 bits per heavy atom. The lowest BCUT2D eigenvalue weighted by Crippen LogP contribution is -2.49. The van der Waals surface area contributed by atoms with E-state index in [4.69, 9.17) is 4.74 Å². The van der Waals surface area contributed by atoms with E-state index in [1.54, 1.807) is 24.5 Å². The number of carbonyl (C=O) groups excluding carboxylic acids is 1. The summed E-state index contributed by atoms with van der Waals surface area (Å²) in [6, 6.07) is 8.07. The maximum absolute atomic E-state index is 14.3. The molecule has 1 atom stereocenters. The number of aromatic nitrogens is 6. The summed E-state index contributed by atoms with van der Waals surface area (Å²) in [5.74, 6) is -0.117. The lowest BCUT2D eigenvalue weighted by atomic mass is 10.0. The minimum Gasteiger partial charge on any atom is -0.444 e. The number of piperidine rings is 1. The van der Waals surface area contributed by atoms with Gasteiger partial charge in [-0.05, 0) is 63.9 Å². The number of fused-ring (bicyclic) bond motifs is 1. The topological polar surface area (TPSA) is 122 Å². The number of pyridine rings is 2.